The highest BCUT2D eigenvalue weighted by atomic mass is 16.5. The van der Waals surface area contributed by atoms with Crippen LogP contribution >= 0.6 is 0 Å². The predicted molar refractivity (Wildman–Crippen MR) is 121 cm³/mol. The van der Waals surface area contributed by atoms with Crippen LogP contribution in [0.4, 0.5) is 4.79 Å². The van der Waals surface area contributed by atoms with Crippen molar-refractivity contribution in [3.8, 4) is 16.9 Å². The van der Waals surface area contributed by atoms with Gasteiger partial charge in [0.1, 0.15) is 17.9 Å². The summed E-state index contributed by atoms with van der Waals surface area (Å²) in [5, 5.41) is 12.3. The van der Waals surface area contributed by atoms with E-state index in [1.54, 1.807) is 31.4 Å². The zero-order valence-corrected chi connectivity index (χ0v) is 18.0. The quantitative estimate of drug-likeness (QED) is 0.570. The van der Waals surface area contributed by atoms with E-state index in [0.29, 0.717) is 5.75 Å². The number of amides is 1. The second-order valence-corrected chi connectivity index (χ2v) is 8.11. The van der Waals surface area contributed by atoms with Crippen LogP contribution in [0.5, 0.6) is 5.75 Å². The molecule has 0 unspecified atom stereocenters. The third-order valence-electron chi connectivity index (χ3n) is 5.91. The minimum Gasteiger partial charge on any atom is -0.497 e. The Morgan fingerprint density at radius 3 is 2.03 bits per heavy atom. The van der Waals surface area contributed by atoms with Gasteiger partial charge in [-0.25, -0.2) is 9.59 Å². The van der Waals surface area contributed by atoms with Crippen molar-refractivity contribution >= 4 is 12.1 Å². The largest absolute Gasteiger partial charge is 0.497 e. The van der Waals surface area contributed by atoms with Gasteiger partial charge in [-0.1, -0.05) is 60.7 Å². The fraction of sp³-hybridized carbons (Fsp3) is 0.231. The molecule has 0 aliphatic heterocycles. The zero-order chi connectivity index (χ0) is 22.7. The maximum absolute atomic E-state index is 12.6. The lowest BCUT2D eigenvalue weighted by molar-refractivity contribution is -0.143. The van der Waals surface area contributed by atoms with Gasteiger partial charge in [-0.05, 0) is 46.9 Å². The average Bonchev–Trinajstić information content (AvgIpc) is 3.12. The molecule has 0 fully saturated rings. The molecular weight excluding hydrogens is 406 g/mol. The van der Waals surface area contributed by atoms with Crippen LogP contribution in [-0.2, 0) is 16.0 Å². The fourth-order valence-electron chi connectivity index (χ4n) is 4.18. The molecule has 4 rings (SSSR count). The zero-order valence-electron chi connectivity index (χ0n) is 18.0. The summed E-state index contributed by atoms with van der Waals surface area (Å²) in [6, 6.07) is 23.2. The van der Waals surface area contributed by atoms with Crippen molar-refractivity contribution in [1.82, 2.24) is 5.32 Å². The van der Waals surface area contributed by atoms with Crippen LogP contribution in [0.25, 0.3) is 11.1 Å². The van der Waals surface area contributed by atoms with Gasteiger partial charge in [-0.15, -0.1) is 0 Å². The van der Waals surface area contributed by atoms with E-state index in [9.17, 15) is 14.7 Å². The highest BCUT2D eigenvalue weighted by Crippen LogP contribution is 2.44. The normalized spacial score (nSPS) is 14.1. The van der Waals surface area contributed by atoms with Crippen LogP contribution in [0.15, 0.2) is 72.8 Å². The number of carboxylic acids is 1. The number of rotatable bonds is 7. The van der Waals surface area contributed by atoms with Gasteiger partial charge >= 0.3 is 12.1 Å². The number of hydrogen-bond acceptors (Lipinski definition) is 4. The van der Waals surface area contributed by atoms with Gasteiger partial charge in [0.2, 0.25) is 0 Å². The maximum atomic E-state index is 12.6. The van der Waals surface area contributed by atoms with Gasteiger partial charge in [0, 0.05) is 12.3 Å². The molecule has 0 saturated heterocycles. The van der Waals surface area contributed by atoms with E-state index in [1.807, 2.05) is 36.4 Å². The minimum absolute atomic E-state index is 0.0918. The molecule has 0 heterocycles. The summed E-state index contributed by atoms with van der Waals surface area (Å²) in [6.45, 7) is 1.60. The molecule has 32 heavy (non-hydrogen) atoms. The fourth-order valence-corrected chi connectivity index (χ4v) is 4.18. The number of fused-ring (bicyclic) bond motifs is 3. The third kappa shape index (κ3) is 4.17. The second kappa shape index (κ2) is 8.75. The number of carbonyl (C=O) groups is 2. The highest BCUT2D eigenvalue weighted by molar-refractivity contribution is 5.84. The Balaban J connectivity index is 1.46. The summed E-state index contributed by atoms with van der Waals surface area (Å²) < 4.78 is 10.7. The average molecular weight is 431 g/mol. The Bertz CT molecular complexity index is 1100. The summed E-state index contributed by atoms with van der Waals surface area (Å²) in [7, 11) is 1.56. The number of carbonyl (C=O) groups excluding carboxylic acids is 1. The van der Waals surface area contributed by atoms with Crippen molar-refractivity contribution in [1.29, 1.82) is 0 Å². The number of ether oxygens (including phenoxy) is 2. The standard InChI is InChI=1S/C26H25NO5/c1-26(24(28)29,15-17-11-13-18(31-2)14-12-17)27-25(30)32-16-23-21-9-5-3-7-19(21)20-8-4-6-10-22(20)23/h3-14,23H,15-16H2,1-2H3,(H,27,30)(H,28,29)/t26-/m0/s1. The van der Waals surface area contributed by atoms with Crippen LogP contribution in [0.1, 0.15) is 29.5 Å². The van der Waals surface area contributed by atoms with Crippen molar-refractivity contribution in [3.63, 3.8) is 0 Å². The molecule has 3 aromatic carbocycles. The molecule has 1 aliphatic rings. The number of alkyl carbamates (subject to hydrolysis) is 1. The lowest BCUT2D eigenvalue weighted by Gasteiger charge is -2.26. The molecule has 0 aromatic heterocycles. The monoisotopic (exact) mass is 431 g/mol. The molecule has 0 spiro atoms. The first-order valence-electron chi connectivity index (χ1n) is 10.4. The van der Waals surface area contributed by atoms with E-state index < -0.39 is 17.6 Å². The molecule has 0 bridgehead atoms. The Hall–Kier alpha value is -3.80. The predicted octanol–water partition coefficient (Wildman–Crippen LogP) is 4.62. The van der Waals surface area contributed by atoms with Crippen LogP contribution in [-0.4, -0.2) is 36.4 Å². The Labute approximate surface area is 186 Å². The molecule has 6 heteroatoms. The molecule has 1 aliphatic carbocycles. The van der Waals surface area contributed by atoms with Crippen LogP contribution in [0.3, 0.4) is 0 Å². The Morgan fingerprint density at radius 2 is 1.50 bits per heavy atom. The molecule has 1 atom stereocenters. The number of nitrogens with one attached hydrogen (secondary N) is 1. The third-order valence-corrected chi connectivity index (χ3v) is 5.91. The van der Waals surface area contributed by atoms with Crippen molar-refractivity contribution in [2.24, 2.45) is 0 Å². The first kappa shape index (κ1) is 21.4. The van der Waals surface area contributed by atoms with Crippen molar-refractivity contribution in [2.75, 3.05) is 13.7 Å². The highest BCUT2D eigenvalue weighted by Gasteiger charge is 2.36. The molecule has 6 nitrogen and oxygen atoms in total. The second-order valence-electron chi connectivity index (χ2n) is 8.11. The molecule has 0 radical (unpaired) electrons. The minimum atomic E-state index is -1.52. The van der Waals surface area contributed by atoms with E-state index in [0.717, 1.165) is 27.8 Å². The first-order valence-corrected chi connectivity index (χ1v) is 10.4. The van der Waals surface area contributed by atoms with Gasteiger partial charge < -0.3 is 19.9 Å². The summed E-state index contributed by atoms with van der Waals surface area (Å²) in [4.78, 5) is 24.6. The summed E-state index contributed by atoms with van der Waals surface area (Å²) >= 11 is 0. The molecular formula is C26H25NO5. The van der Waals surface area contributed by atoms with E-state index in [-0.39, 0.29) is 18.9 Å². The van der Waals surface area contributed by atoms with Crippen LogP contribution in [0.2, 0.25) is 0 Å². The summed E-state index contributed by atoms with van der Waals surface area (Å²) in [5.74, 6) is -0.553. The van der Waals surface area contributed by atoms with E-state index in [4.69, 9.17) is 9.47 Å². The Morgan fingerprint density at radius 1 is 0.938 bits per heavy atom. The number of benzene rings is 3. The van der Waals surface area contributed by atoms with Crippen molar-refractivity contribution < 1.29 is 24.2 Å². The molecule has 3 aromatic rings. The number of methoxy groups -OCH3 is 1. The summed E-state index contributed by atoms with van der Waals surface area (Å²) in [6.07, 6.45) is -0.651. The topological polar surface area (TPSA) is 84.9 Å². The van der Waals surface area contributed by atoms with Gasteiger partial charge in [-0.3, -0.25) is 0 Å². The lowest BCUT2D eigenvalue weighted by atomic mass is 9.93. The van der Waals surface area contributed by atoms with E-state index >= 15 is 0 Å². The van der Waals surface area contributed by atoms with Crippen LogP contribution in [0, 0.1) is 0 Å². The molecule has 0 saturated carbocycles. The molecule has 2 N–H and O–H groups in total. The Kier molecular flexibility index (Phi) is 5.86. The van der Waals surface area contributed by atoms with Gasteiger partial charge in [0.25, 0.3) is 0 Å². The number of carboxylic acid groups (broad SMARTS) is 1. The van der Waals surface area contributed by atoms with Gasteiger partial charge in [0.05, 0.1) is 7.11 Å². The first-order chi connectivity index (χ1) is 15.4. The number of aliphatic carboxylic acids is 1. The van der Waals surface area contributed by atoms with Gasteiger partial charge in [-0.2, -0.15) is 0 Å². The SMILES string of the molecule is COc1ccc(C[C@](C)(NC(=O)OCC2c3ccccc3-c3ccccc32)C(=O)O)cc1. The number of hydrogen-bond donors (Lipinski definition) is 2. The van der Waals surface area contributed by atoms with E-state index in [2.05, 4.69) is 17.4 Å². The summed E-state index contributed by atoms with van der Waals surface area (Å²) in [5.41, 5.74) is 3.70. The van der Waals surface area contributed by atoms with Crippen molar-refractivity contribution in [2.45, 2.75) is 24.8 Å². The van der Waals surface area contributed by atoms with Gasteiger partial charge in [0.15, 0.2) is 0 Å². The van der Waals surface area contributed by atoms with Crippen molar-refractivity contribution in [3.05, 3.63) is 89.5 Å². The molecule has 1 amide bonds. The maximum Gasteiger partial charge on any atom is 0.408 e. The van der Waals surface area contributed by atoms with Crippen LogP contribution < -0.4 is 10.1 Å². The molecule has 164 valence electrons. The van der Waals surface area contributed by atoms with E-state index in [1.165, 1.54) is 6.92 Å². The smallest absolute Gasteiger partial charge is 0.408 e. The lowest BCUT2D eigenvalue weighted by Crippen LogP contribution is -2.54.